The van der Waals surface area contributed by atoms with Crippen LogP contribution in [0.1, 0.15) is 12.1 Å². The Labute approximate surface area is 104 Å². The highest BCUT2D eigenvalue weighted by molar-refractivity contribution is 5.89. The van der Waals surface area contributed by atoms with Gasteiger partial charge in [-0.15, -0.1) is 0 Å². The predicted octanol–water partition coefficient (Wildman–Crippen LogP) is 1.99. The van der Waals surface area contributed by atoms with Crippen molar-refractivity contribution in [1.29, 1.82) is 5.26 Å². The molecule has 90 valence electrons. The second kappa shape index (κ2) is 5.15. The third-order valence-electron chi connectivity index (χ3n) is 2.54. The molecule has 0 saturated carbocycles. The SMILES string of the molecule is N#Cc1nccc2cc(NCCC(=O)O)ccc12. The molecule has 0 amide bonds. The fourth-order valence-electron chi connectivity index (χ4n) is 1.69. The van der Waals surface area contributed by atoms with E-state index in [4.69, 9.17) is 10.4 Å². The maximum atomic E-state index is 10.4. The van der Waals surface area contributed by atoms with Crippen molar-refractivity contribution in [2.45, 2.75) is 6.42 Å². The highest BCUT2D eigenvalue weighted by atomic mass is 16.4. The van der Waals surface area contributed by atoms with Crippen LogP contribution < -0.4 is 5.32 Å². The number of hydrogen-bond donors (Lipinski definition) is 2. The summed E-state index contributed by atoms with van der Waals surface area (Å²) in [4.78, 5) is 14.4. The van der Waals surface area contributed by atoms with Gasteiger partial charge in [0.25, 0.3) is 0 Å². The number of carboxylic acid groups (broad SMARTS) is 1. The zero-order valence-corrected chi connectivity index (χ0v) is 9.55. The van der Waals surface area contributed by atoms with Crippen LogP contribution in [0.5, 0.6) is 0 Å². The Hall–Kier alpha value is -2.61. The van der Waals surface area contributed by atoms with E-state index in [1.165, 1.54) is 0 Å². The zero-order valence-electron chi connectivity index (χ0n) is 9.55. The zero-order chi connectivity index (χ0) is 13.0. The van der Waals surface area contributed by atoms with Crippen LogP contribution in [0.3, 0.4) is 0 Å². The third-order valence-corrected chi connectivity index (χ3v) is 2.54. The molecule has 0 saturated heterocycles. The van der Waals surface area contributed by atoms with Crippen LogP contribution in [0.25, 0.3) is 10.8 Å². The van der Waals surface area contributed by atoms with Gasteiger partial charge in [-0.05, 0) is 29.7 Å². The molecule has 0 unspecified atom stereocenters. The fraction of sp³-hybridized carbons (Fsp3) is 0.154. The lowest BCUT2D eigenvalue weighted by Crippen LogP contribution is -2.07. The van der Waals surface area contributed by atoms with E-state index in [1.54, 1.807) is 6.20 Å². The van der Waals surface area contributed by atoms with Gasteiger partial charge in [-0.25, -0.2) is 4.98 Å². The van der Waals surface area contributed by atoms with Gasteiger partial charge < -0.3 is 10.4 Å². The number of nitrogens with one attached hydrogen (secondary N) is 1. The molecule has 0 atom stereocenters. The van der Waals surface area contributed by atoms with Crippen LogP contribution in [0.4, 0.5) is 5.69 Å². The van der Waals surface area contributed by atoms with Crippen LogP contribution >= 0.6 is 0 Å². The summed E-state index contributed by atoms with van der Waals surface area (Å²) in [5, 5.41) is 22.2. The summed E-state index contributed by atoms with van der Waals surface area (Å²) in [7, 11) is 0. The van der Waals surface area contributed by atoms with E-state index in [0.29, 0.717) is 12.2 Å². The predicted molar refractivity (Wildman–Crippen MR) is 67.2 cm³/mol. The Morgan fingerprint density at radius 1 is 1.44 bits per heavy atom. The monoisotopic (exact) mass is 241 g/mol. The van der Waals surface area contributed by atoms with Crippen molar-refractivity contribution in [2.75, 3.05) is 11.9 Å². The fourth-order valence-corrected chi connectivity index (χ4v) is 1.69. The topological polar surface area (TPSA) is 86.0 Å². The molecule has 0 spiro atoms. The van der Waals surface area contributed by atoms with Crippen molar-refractivity contribution in [3.63, 3.8) is 0 Å². The van der Waals surface area contributed by atoms with E-state index in [1.807, 2.05) is 30.3 Å². The lowest BCUT2D eigenvalue weighted by atomic mass is 10.1. The first-order chi connectivity index (χ1) is 8.70. The number of rotatable bonds is 4. The first-order valence-corrected chi connectivity index (χ1v) is 5.45. The molecule has 2 rings (SSSR count). The maximum Gasteiger partial charge on any atom is 0.305 e. The van der Waals surface area contributed by atoms with Gasteiger partial charge in [0.1, 0.15) is 11.8 Å². The van der Waals surface area contributed by atoms with Gasteiger partial charge in [0.05, 0.1) is 6.42 Å². The molecule has 0 radical (unpaired) electrons. The smallest absolute Gasteiger partial charge is 0.305 e. The second-order valence-electron chi connectivity index (χ2n) is 3.78. The highest BCUT2D eigenvalue weighted by Gasteiger charge is 2.02. The Bertz CT molecular complexity index is 632. The number of aromatic nitrogens is 1. The summed E-state index contributed by atoms with van der Waals surface area (Å²) >= 11 is 0. The normalized spacial score (nSPS) is 9.94. The molecule has 1 heterocycles. The summed E-state index contributed by atoms with van der Waals surface area (Å²) in [6.45, 7) is 0.372. The van der Waals surface area contributed by atoms with Gasteiger partial charge in [-0.1, -0.05) is 0 Å². The number of carboxylic acids is 1. The highest BCUT2D eigenvalue weighted by Crippen LogP contribution is 2.20. The van der Waals surface area contributed by atoms with Gasteiger partial charge in [-0.3, -0.25) is 4.79 Å². The first kappa shape index (κ1) is 11.9. The quantitative estimate of drug-likeness (QED) is 0.854. The minimum absolute atomic E-state index is 0.0673. The lowest BCUT2D eigenvalue weighted by molar-refractivity contribution is -0.136. The molecule has 5 heteroatoms. The third kappa shape index (κ3) is 2.55. The number of nitrogens with zero attached hydrogens (tertiary/aromatic N) is 2. The standard InChI is InChI=1S/C13H11N3O2/c14-8-12-11-2-1-10(15-6-4-13(17)18)7-9(11)3-5-16-12/h1-3,5,7,15H,4,6H2,(H,17,18). The molecule has 0 aliphatic carbocycles. The number of aliphatic carboxylic acids is 1. The molecule has 2 N–H and O–H groups in total. The minimum Gasteiger partial charge on any atom is -0.481 e. The summed E-state index contributed by atoms with van der Waals surface area (Å²) in [6, 6.07) is 9.35. The first-order valence-electron chi connectivity index (χ1n) is 5.45. The van der Waals surface area contributed by atoms with Gasteiger partial charge in [0.15, 0.2) is 0 Å². The largest absolute Gasteiger partial charge is 0.481 e. The maximum absolute atomic E-state index is 10.4. The molecule has 18 heavy (non-hydrogen) atoms. The van der Waals surface area contributed by atoms with Gasteiger partial charge in [0, 0.05) is 23.8 Å². The van der Waals surface area contributed by atoms with E-state index in [9.17, 15) is 4.79 Å². The molecule has 0 aliphatic rings. The second-order valence-corrected chi connectivity index (χ2v) is 3.78. The van der Waals surface area contributed by atoms with Gasteiger partial charge in [0.2, 0.25) is 0 Å². The molecular formula is C13H11N3O2. The molecule has 5 nitrogen and oxygen atoms in total. The van der Waals surface area contributed by atoms with Crippen molar-refractivity contribution in [3.05, 3.63) is 36.2 Å². The number of nitriles is 1. The number of fused-ring (bicyclic) bond motifs is 1. The number of pyridine rings is 1. The van der Waals surface area contributed by atoms with Crippen molar-refractivity contribution in [3.8, 4) is 6.07 Å². The molecular weight excluding hydrogens is 230 g/mol. The van der Waals surface area contributed by atoms with E-state index < -0.39 is 5.97 Å². The summed E-state index contributed by atoms with van der Waals surface area (Å²) < 4.78 is 0. The van der Waals surface area contributed by atoms with Crippen LogP contribution in [-0.4, -0.2) is 22.6 Å². The van der Waals surface area contributed by atoms with Crippen molar-refractivity contribution in [1.82, 2.24) is 4.98 Å². The molecule has 0 bridgehead atoms. The van der Waals surface area contributed by atoms with Gasteiger partial charge >= 0.3 is 5.97 Å². The van der Waals surface area contributed by atoms with Gasteiger partial charge in [-0.2, -0.15) is 5.26 Å². The van der Waals surface area contributed by atoms with Crippen LogP contribution in [0, 0.1) is 11.3 Å². The average molecular weight is 241 g/mol. The minimum atomic E-state index is -0.834. The number of anilines is 1. The van der Waals surface area contributed by atoms with E-state index >= 15 is 0 Å². The van der Waals surface area contributed by atoms with E-state index in [-0.39, 0.29) is 6.42 Å². The Balaban J connectivity index is 2.23. The van der Waals surface area contributed by atoms with Crippen molar-refractivity contribution in [2.24, 2.45) is 0 Å². The number of hydrogen-bond acceptors (Lipinski definition) is 4. The molecule has 1 aromatic heterocycles. The van der Waals surface area contributed by atoms with Crippen molar-refractivity contribution >= 4 is 22.4 Å². The molecule has 0 aliphatic heterocycles. The Kier molecular flexibility index (Phi) is 3.39. The Morgan fingerprint density at radius 2 is 2.28 bits per heavy atom. The van der Waals surface area contributed by atoms with Crippen molar-refractivity contribution < 1.29 is 9.90 Å². The van der Waals surface area contributed by atoms with Crippen LogP contribution in [-0.2, 0) is 4.79 Å². The number of carbonyl (C=O) groups is 1. The van der Waals surface area contributed by atoms with Crippen LogP contribution in [0.15, 0.2) is 30.5 Å². The van der Waals surface area contributed by atoms with E-state index in [2.05, 4.69) is 10.3 Å². The lowest BCUT2D eigenvalue weighted by Gasteiger charge is -2.06. The molecule has 0 fully saturated rings. The number of benzene rings is 1. The van der Waals surface area contributed by atoms with Crippen LogP contribution in [0.2, 0.25) is 0 Å². The average Bonchev–Trinajstić information content (AvgIpc) is 2.37. The van der Waals surface area contributed by atoms with E-state index in [0.717, 1.165) is 16.5 Å². The summed E-state index contributed by atoms with van der Waals surface area (Å²) in [6.07, 6.45) is 1.65. The Morgan fingerprint density at radius 3 is 3.00 bits per heavy atom. The molecule has 2 aromatic rings. The molecule has 1 aromatic carbocycles. The summed E-state index contributed by atoms with van der Waals surface area (Å²) in [5.74, 6) is -0.834. The summed E-state index contributed by atoms with van der Waals surface area (Å²) in [5.41, 5.74) is 1.23.